The fourth-order valence-electron chi connectivity index (χ4n) is 7.87. The van der Waals surface area contributed by atoms with E-state index in [0.29, 0.717) is 49.5 Å². The Balaban J connectivity index is 0.000000177. The van der Waals surface area contributed by atoms with E-state index in [2.05, 4.69) is 33.6 Å². The van der Waals surface area contributed by atoms with E-state index in [-0.39, 0.29) is 17.6 Å². The number of amides is 3. The highest BCUT2D eigenvalue weighted by molar-refractivity contribution is 5.92. The maximum absolute atomic E-state index is 12.4. The van der Waals surface area contributed by atoms with Crippen LogP contribution in [0, 0.1) is 23.7 Å². The second kappa shape index (κ2) is 16.3. The zero-order valence-corrected chi connectivity index (χ0v) is 33.0. The number of hydrogen-bond donors (Lipinski definition) is 3. The van der Waals surface area contributed by atoms with E-state index in [9.17, 15) is 29.4 Å². The minimum absolute atomic E-state index is 0.287. The number of hydrogen-bond acceptors (Lipinski definition) is 9. The average molecular weight is 786 g/mol. The highest BCUT2D eigenvalue weighted by Gasteiger charge is 2.43. The number of aliphatic hydroxyl groups is 2. The van der Waals surface area contributed by atoms with Gasteiger partial charge in [0.05, 0.1) is 18.0 Å². The highest BCUT2D eigenvalue weighted by atomic mass is 16.5. The topological polar surface area (TPSA) is 186 Å². The van der Waals surface area contributed by atoms with Crippen molar-refractivity contribution >= 4 is 23.7 Å². The van der Waals surface area contributed by atoms with E-state index < -0.39 is 23.1 Å². The van der Waals surface area contributed by atoms with E-state index in [1.807, 2.05) is 57.7 Å². The van der Waals surface area contributed by atoms with Crippen LogP contribution in [0.4, 0.5) is 0 Å². The number of nitrogens with zero attached hydrogens (tertiary/aromatic N) is 6. The van der Waals surface area contributed by atoms with Crippen LogP contribution in [0.15, 0.2) is 48.5 Å². The Kier molecular flexibility index (Phi) is 11.3. The summed E-state index contributed by atoms with van der Waals surface area (Å²) in [6.07, 6.45) is 6.36. The van der Waals surface area contributed by atoms with Crippen LogP contribution in [-0.2, 0) is 40.3 Å². The molecule has 0 spiro atoms. The smallest absolute Gasteiger partial charge is 0.374 e. The monoisotopic (exact) mass is 785 g/mol. The Morgan fingerprint density at radius 2 is 1.21 bits per heavy atom. The van der Waals surface area contributed by atoms with Crippen LogP contribution < -0.4 is 5.73 Å². The third kappa shape index (κ3) is 7.86. The first kappa shape index (κ1) is 40.0. The molecule has 2 saturated heterocycles. The first-order chi connectivity index (χ1) is 27.8. The molecule has 4 aromatic rings. The minimum atomic E-state index is -1.63. The molecule has 2 fully saturated rings. The van der Waals surface area contributed by atoms with Crippen LogP contribution in [0.2, 0.25) is 0 Å². The summed E-state index contributed by atoms with van der Waals surface area (Å²) in [5.74, 6) is 10.3. The molecule has 8 rings (SSSR count). The van der Waals surface area contributed by atoms with E-state index in [4.69, 9.17) is 10.5 Å². The molecule has 4 aliphatic rings. The largest absolute Gasteiger partial charge is 0.460 e. The van der Waals surface area contributed by atoms with E-state index in [0.717, 1.165) is 85.5 Å². The van der Waals surface area contributed by atoms with Crippen LogP contribution in [0.3, 0.4) is 0 Å². The fourth-order valence-corrected chi connectivity index (χ4v) is 7.87. The summed E-state index contributed by atoms with van der Waals surface area (Å²) in [7, 11) is 3.31. The van der Waals surface area contributed by atoms with Crippen LogP contribution in [0.25, 0.3) is 22.5 Å². The lowest BCUT2D eigenvalue weighted by molar-refractivity contribution is -0.138. The van der Waals surface area contributed by atoms with Gasteiger partial charge >= 0.3 is 5.97 Å². The minimum Gasteiger partial charge on any atom is -0.460 e. The summed E-state index contributed by atoms with van der Waals surface area (Å²) in [6, 6.07) is 15.0. The van der Waals surface area contributed by atoms with Gasteiger partial charge in [0.1, 0.15) is 0 Å². The summed E-state index contributed by atoms with van der Waals surface area (Å²) in [4.78, 5) is 60.5. The van der Waals surface area contributed by atoms with Crippen molar-refractivity contribution in [1.82, 2.24) is 28.9 Å². The van der Waals surface area contributed by atoms with Gasteiger partial charge in [-0.3, -0.25) is 14.4 Å². The molecule has 14 nitrogen and oxygen atoms in total. The maximum Gasteiger partial charge on any atom is 0.374 e. The third-order valence-corrected chi connectivity index (χ3v) is 11.0. The summed E-state index contributed by atoms with van der Waals surface area (Å²) in [5, 5.41) is 21.0. The molecule has 2 aromatic carbocycles. The zero-order valence-electron chi connectivity index (χ0n) is 33.0. The molecule has 6 heterocycles. The number of ether oxygens (including phenoxy) is 1. The van der Waals surface area contributed by atoms with Crippen molar-refractivity contribution in [1.29, 1.82) is 0 Å². The molecule has 2 aromatic heterocycles. The van der Waals surface area contributed by atoms with Crippen LogP contribution in [0.1, 0.15) is 89.2 Å². The molecule has 2 atom stereocenters. The number of carbonyl (C=O) groups is 4. The van der Waals surface area contributed by atoms with Gasteiger partial charge in [-0.25, -0.2) is 14.8 Å². The second-order valence-corrected chi connectivity index (χ2v) is 15.1. The molecule has 58 heavy (non-hydrogen) atoms. The van der Waals surface area contributed by atoms with Crippen molar-refractivity contribution in [3.8, 4) is 46.2 Å². The van der Waals surface area contributed by atoms with Crippen molar-refractivity contribution in [2.75, 3.05) is 33.8 Å². The molecule has 300 valence electrons. The molecule has 0 saturated carbocycles. The molecule has 0 radical (unpaired) electrons. The van der Waals surface area contributed by atoms with Crippen molar-refractivity contribution in [2.45, 2.75) is 82.6 Å². The number of benzene rings is 2. The van der Waals surface area contributed by atoms with Crippen molar-refractivity contribution in [3.63, 3.8) is 0 Å². The summed E-state index contributed by atoms with van der Waals surface area (Å²) in [5.41, 5.74) is 8.84. The standard InChI is InChI=1S/C23H25N3O4.C21H22N4O3/c1-3-30-21(27)20-24-19(18-9-4-5-13-26(18)20)17-8-6-7-16(15-17)10-11-23(29)12-14-25(2)22(23)28;1-24-12-10-21(28,20(24)27)9-8-14-5-4-6-15(13-14)17-16-7-2-3-11-25(16)19(23-17)18(22)26/h6-8,15,29H,3-5,9,12-14H2,1-2H3;4-6,13,28H,2-3,7,10-12H2,1H3,(H2,22,26)/t23-;21-/m00/s1. The quantitative estimate of drug-likeness (QED) is 0.202. The van der Waals surface area contributed by atoms with E-state index >= 15 is 0 Å². The number of nitrogens with two attached hydrogens (primary N) is 1. The number of carbonyl (C=O) groups excluding carboxylic acids is 4. The molecule has 4 N–H and O–H groups in total. The van der Waals surface area contributed by atoms with Gasteiger partial charge in [0.15, 0.2) is 5.82 Å². The number of likely N-dealkylation sites (tertiary alicyclic amines) is 2. The Labute approximate surface area is 337 Å². The van der Waals surface area contributed by atoms with Gasteiger partial charge in [-0.15, -0.1) is 0 Å². The fraction of sp³-hybridized carbons (Fsp3) is 0.409. The number of aromatic nitrogens is 4. The van der Waals surface area contributed by atoms with Crippen LogP contribution >= 0.6 is 0 Å². The third-order valence-electron chi connectivity index (χ3n) is 11.0. The molecule has 14 heteroatoms. The molecule has 0 unspecified atom stereocenters. The van der Waals surface area contributed by atoms with Crippen LogP contribution in [-0.4, -0.2) is 108 Å². The first-order valence-corrected chi connectivity index (χ1v) is 19.7. The number of likely N-dealkylation sites (N-methyl/N-ethyl adjacent to an activating group) is 2. The Morgan fingerprint density at radius 3 is 1.64 bits per heavy atom. The zero-order chi connectivity index (χ0) is 41.2. The van der Waals surface area contributed by atoms with E-state index in [1.54, 1.807) is 21.0 Å². The lowest BCUT2D eigenvalue weighted by Gasteiger charge is -2.17. The Morgan fingerprint density at radius 1 is 0.741 bits per heavy atom. The highest BCUT2D eigenvalue weighted by Crippen LogP contribution is 2.31. The number of rotatable bonds is 5. The first-order valence-electron chi connectivity index (χ1n) is 19.7. The van der Waals surface area contributed by atoms with Crippen LogP contribution in [0.5, 0.6) is 0 Å². The predicted molar refractivity (Wildman–Crippen MR) is 214 cm³/mol. The van der Waals surface area contributed by atoms with Crippen molar-refractivity contribution in [3.05, 3.63) is 82.7 Å². The van der Waals surface area contributed by atoms with Gasteiger partial charge in [-0.1, -0.05) is 47.9 Å². The molecular weight excluding hydrogens is 739 g/mol. The molecule has 0 bridgehead atoms. The SMILES string of the molecule is CCOC(=O)c1nc(-c2cccc(C#C[C@]3(O)CCN(C)C3=O)c2)c2n1CCCC2.CN1CC[C@@](O)(C#Cc2cccc(-c3nc(C(N)=O)n4c3CCCC4)c2)C1=O. The van der Waals surface area contributed by atoms with Gasteiger partial charge in [-0.2, -0.15) is 0 Å². The number of primary amides is 1. The lowest BCUT2D eigenvalue weighted by atomic mass is 10.0. The Hall–Kier alpha value is -6.22. The molecule has 3 amide bonds. The molecular formula is C44H47N7O7. The van der Waals surface area contributed by atoms with Gasteiger partial charge in [0, 0.05) is 86.8 Å². The van der Waals surface area contributed by atoms with Gasteiger partial charge in [0.25, 0.3) is 17.7 Å². The average Bonchev–Trinajstić information content (AvgIpc) is 3.96. The van der Waals surface area contributed by atoms with E-state index in [1.165, 1.54) is 9.80 Å². The van der Waals surface area contributed by atoms with Gasteiger partial charge in [0.2, 0.25) is 17.0 Å². The number of esters is 1. The Bertz CT molecular complexity index is 2430. The number of imidazole rings is 2. The molecule has 4 aliphatic heterocycles. The normalized spacial score (nSPS) is 20.8. The lowest BCUT2D eigenvalue weighted by Crippen LogP contribution is -2.37. The van der Waals surface area contributed by atoms with Gasteiger partial charge < -0.3 is 39.6 Å². The molecule has 0 aliphatic carbocycles. The summed E-state index contributed by atoms with van der Waals surface area (Å²) in [6.45, 7) is 4.55. The summed E-state index contributed by atoms with van der Waals surface area (Å²) < 4.78 is 9.06. The van der Waals surface area contributed by atoms with Crippen molar-refractivity contribution < 1.29 is 34.1 Å². The summed E-state index contributed by atoms with van der Waals surface area (Å²) >= 11 is 0. The number of fused-ring (bicyclic) bond motifs is 2. The maximum atomic E-state index is 12.4. The predicted octanol–water partition coefficient (Wildman–Crippen LogP) is 2.94. The van der Waals surface area contributed by atoms with Gasteiger partial charge in [-0.05, 0) is 69.7 Å². The van der Waals surface area contributed by atoms with Crippen molar-refractivity contribution in [2.24, 2.45) is 5.73 Å². The second-order valence-electron chi connectivity index (χ2n) is 15.1.